The Hall–Kier alpha value is -2.09. The molecule has 0 atom stereocenters. The molecule has 0 unspecified atom stereocenters. The van der Waals surface area contributed by atoms with E-state index in [-0.39, 0.29) is 18.9 Å². The first-order chi connectivity index (χ1) is 12.0. The quantitative estimate of drug-likeness (QED) is 0.693. The summed E-state index contributed by atoms with van der Waals surface area (Å²) in [5.41, 5.74) is 1.48. The van der Waals surface area contributed by atoms with Crippen molar-refractivity contribution in [2.75, 3.05) is 18.1 Å². The number of rotatable bonds is 8. The van der Waals surface area contributed by atoms with Crippen LogP contribution in [0.1, 0.15) is 12.0 Å². The second kappa shape index (κ2) is 9.41. The molecule has 0 aliphatic heterocycles. The molecule has 0 aliphatic carbocycles. The molecule has 25 heavy (non-hydrogen) atoms. The predicted molar refractivity (Wildman–Crippen MR) is 104 cm³/mol. The summed E-state index contributed by atoms with van der Waals surface area (Å²) in [7, 11) is -3.57. The fraction of sp³-hybridized carbons (Fsp3) is 0.167. The molecular formula is C18H20N2O3S2. The van der Waals surface area contributed by atoms with Gasteiger partial charge in [-0.25, -0.2) is 13.1 Å². The van der Waals surface area contributed by atoms with Crippen LogP contribution in [0.15, 0.2) is 64.9 Å². The minimum Gasteiger partial charge on any atom is -0.326 e. The van der Waals surface area contributed by atoms with Crippen molar-refractivity contribution in [3.8, 4) is 0 Å². The first kappa shape index (κ1) is 19.2. The molecule has 0 radical (unpaired) electrons. The first-order valence-electron chi connectivity index (χ1n) is 7.65. The Kier molecular flexibility index (Phi) is 7.24. The minimum atomic E-state index is -3.57. The van der Waals surface area contributed by atoms with Gasteiger partial charge in [-0.05, 0) is 42.2 Å². The summed E-state index contributed by atoms with van der Waals surface area (Å²) in [6, 6.07) is 16.6. The van der Waals surface area contributed by atoms with Crippen LogP contribution in [0, 0.1) is 0 Å². The summed E-state index contributed by atoms with van der Waals surface area (Å²) >= 11 is 1.62. The Morgan fingerprint density at radius 2 is 1.76 bits per heavy atom. The van der Waals surface area contributed by atoms with Crippen LogP contribution in [0.25, 0.3) is 6.08 Å². The van der Waals surface area contributed by atoms with Gasteiger partial charge in [0.25, 0.3) is 0 Å². The van der Waals surface area contributed by atoms with Crippen LogP contribution in [0.2, 0.25) is 0 Å². The highest BCUT2D eigenvalue weighted by atomic mass is 32.2. The van der Waals surface area contributed by atoms with Gasteiger partial charge >= 0.3 is 0 Å². The van der Waals surface area contributed by atoms with Crippen LogP contribution < -0.4 is 10.0 Å². The lowest BCUT2D eigenvalue weighted by atomic mass is 10.2. The summed E-state index contributed by atoms with van der Waals surface area (Å²) in [5, 5.41) is 3.83. The summed E-state index contributed by atoms with van der Waals surface area (Å²) in [6.07, 6.45) is 3.55. The number of benzene rings is 2. The molecule has 0 aromatic heterocycles. The number of anilines is 1. The van der Waals surface area contributed by atoms with E-state index in [2.05, 4.69) is 10.0 Å². The zero-order valence-corrected chi connectivity index (χ0v) is 15.4. The van der Waals surface area contributed by atoms with Gasteiger partial charge < -0.3 is 5.32 Å². The fourth-order valence-electron chi connectivity index (χ4n) is 1.99. The normalized spacial score (nSPS) is 11.6. The van der Waals surface area contributed by atoms with Crippen molar-refractivity contribution in [3.63, 3.8) is 0 Å². The van der Waals surface area contributed by atoms with Gasteiger partial charge in [0.05, 0.1) is 0 Å². The number of carbonyl (C=O) groups excluding carboxylic acids is 1. The zero-order valence-electron chi connectivity index (χ0n) is 13.8. The van der Waals surface area contributed by atoms with Crippen molar-refractivity contribution in [2.24, 2.45) is 0 Å². The third-order valence-corrected chi connectivity index (χ3v) is 5.11. The molecule has 1 amide bonds. The summed E-state index contributed by atoms with van der Waals surface area (Å²) in [4.78, 5) is 13.0. The van der Waals surface area contributed by atoms with Crippen LogP contribution in [-0.2, 0) is 14.8 Å². The number of hydrogen-bond acceptors (Lipinski definition) is 4. The van der Waals surface area contributed by atoms with Gasteiger partial charge in [0.2, 0.25) is 15.9 Å². The lowest BCUT2D eigenvalue weighted by Gasteiger charge is -2.06. The maximum atomic E-state index is 11.9. The average Bonchev–Trinajstić information content (AvgIpc) is 2.61. The highest BCUT2D eigenvalue weighted by molar-refractivity contribution is 7.98. The molecule has 0 spiro atoms. The van der Waals surface area contributed by atoms with Crippen molar-refractivity contribution in [1.29, 1.82) is 0 Å². The van der Waals surface area contributed by atoms with E-state index in [1.165, 1.54) is 6.08 Å². The molecule has 0 fully saturated rings. The number of thioether (sulfide) groups is 1. The van der Waals surface area contributed by atoms with Crippen molar-refractivity contribution in [3.05, 3.63) is 65.6 Å². The average molecular weight is 377 g/mol. The van der Waals surface area contributed by atoms with Gasteiger partial charge in [-0.15, -0.1) is 11.8 Å². The van der Waals surface area contributed by atoms with E-state index >= 15 is 0 Å². The van der Waals surface area contributed by atoms with Gasteiger partial charge in [-0.2, -0.15) is 0 Å². The molecule has 2 aromatic rings. The maximum absolute atomic E-state index is 11.9. The van der Waals surface area contributed by atoms with Crippen molar-refractivity contribution in [1.82, 2.24) is 4.72 Å². The molecule has 0 saturated carbocycles. The third kappa shape index (κ3) is 7.13. The molecule has 0 saturated heterocycles. The summed E-state index contributed by atoms with van der Waals surface area (Å²) in [6.45, 7) is 0.0379. The van der Waals surface area contributed by atoms with Crippen LogP contribution in [-0.4, -0.2) is 27.1 Å². The minimum absolute atomic E-state index is 0.0379. The van der Waals surface area contributed by atoms with Crippen molar-refractivity contribution >= 4 is 39.5 Å². The predicted octanol–water partition coefficient (Wildman–Crippen LogP) is 3.33. The van der Waals surface area contributed by atoms with E-state index in [9.17, 15) is 13.2 Å². The number of hydrogen-bond donors (Lipinski definition) is 2. The highest BCUT2D eigenvalue weighted by Gasteiger charge is 2.07. The second-order valence-electron chi connectivity index (χ2n) is 5.18. The van der Waals surface area contributed by atoms with E-state index in [0.717, 1.165) is 15.9 Å². The molecule has 0 aliphatic rings. The highest BCUT2D eigenvalue weighted by Crippen LogP contribution is 2.17. The molecule has 5 nitrogen and oxygen atoms in total. The van der Waals surface area contributed by atoms with Crippen molar-refractivity contribution < 1.29 is 13.2 Å². The third-order valence-electron chi connectivity index (χ3n) is 3.27. The molecular weight excluding hydrogens is 356 g/mol. The van der Waals surface area contributed by atoms with Crippen LogP contribution in [0.3, 0.4) is 0 Å². The molecule has 2 aromatic carbocycles. The van der Waals surface area contributed by atoms with E-state index in [1.54, 1.807) is 11.8 Å². The maximum Gasteiger partial charge on any atom is 0.233 e. The number of carbonyl (C=O) groups is 1. The van der Waals surface area contributed by atoms with Crippen molar-refractivity contribution in [2.45, 2.75) is 11.3 Å². The van der Waals surface area contributed by atoms with E-state index in [0.29, 0.717) is 5.69 Å². The number of nitrogens with one attached hydrogen (secondary N) is 2. The van der Waals surface area contributed by atoms with E-state index < -0.39 is 10.0 Å². The largest absolute Gasteiger partial charge is 0.326 e. The molecule has 2 rings (SSSR count). The lowest BCUT2D eigenvalue weighted by molar-refractivity contribution is -0.116. The smallest absolute Gasteiger partial charge is 0.233 e. The van der Waals surface area contributed by atoms with Crippen LogP contribution in [0.5, 0.6) is 0 Å². The van der Waals surface area contributed by atoms with Crippen LogP contribution >= 0.6 is 11.8 Å². The van der Waals surface area contributed by atoms with Gasteiger partial charge in [-0.3, -0.25) is 4.79 Å². The van der Waals surface area contributed by atoms with Crippen LogP contribution in [0.4, 0.5) is 5.69 Å². The summed E-state index contributed by atoms with van der Waals surface area (Å²) < 4.78 is 26.1. The van der Waals surface area contributed by atoms with Gasteiger partial charge in [0.1, 0.15) is 0 Å². The standard InChI is InChI=1S/C18H20N2O3S2/c1-24-17-9-7-16(8-10-17)20-18(21)11-13-19-25(22,23)14-12-15-5-3-2-4-6-15/h2-10,12,14,19H,11,13H2,1H3,(H,20,21)/b14-12+. The van der Waals surface area contributed by atoms with Gasteiger partial charge in [0.15, 0.2) is 0 Å². The molecule has 0 bridgehead atoms. The molecule has 7 heteroatoms. The topological polar surface area (TPSA) is 75.3 Å². The Morgan fingerprint density at radius 3 is 2.40 bits per heavy atom. The Labute approximate surface area is 152 Å². The second-order valence-corrected chi connectivity index (χ2v) is 7.71. The fourth-order valence-corrected chi connectivity index (χ4v) is 3.21. The summed E-state index contributed by atoms with van der Waals surface area (Å²) in [5.74, 6) is -0.244. The number of sulfonamides is 1. The molecule has 2 N–H and O–H groups in total. The lowest BCUT2D eigenvalue weighted by Crippen LogP contribution is -2.26. The van der Waals surface area contributed by atoms with E-state index in [1.807, 2.05) is 60.9 Å². The molecule has 132 valence electrons. The monoisotopic (exact) mass is 376 g/mol. The zero-order chi connectivity index (χ0) is 18.1. The Morgan fingerprint density at radius 1 is 1.08 bits per heavy atom. The Bertz CT molecular complexity index is 817. The number of amides is 1. The first-order valence-corrected chi connectivity index (χ1v) is 10.4. The van der Waals surface area contributed by atoms with E-state index in [4.69, 9.17) is 0 Å². The Balaban J connectivity index is 1.78. The van der Waals surface area contributed by atoms with Gasteiger partial charge in [0, 0.05) is 29.0 Å². The molecule has 0 heterocycles. The van der Waals surface area contributed by atoms with Gasteiger partial charge in [-0.1, -0.05) is 30.3 Å². The SMILES string of the molecule is CSc1ccc(NC(=O)CCNS(=O)(=O)/C=C/c2ccccc2)cc1.